The summed E-state index contributed by atoms with van der Waals surface area (Å²) in [5, 5.41) is 3.40. The Hall–Kier alpha value is -0.710. The SMILES string of the molecule is CC1CN(Cc2c(F)cccc2F)CC(C)N1.Cl. The summed E-state index contributed by atoms with van der Waals surface area (Å²) in [5.74, 6) is -0.910. The van der Waals surface area contributed by atoms with Crippen LogP contribution in [0.3, 0.4) is 0 Å². The van der Waals surface area contributed by atoms with Crippen molar-refractivity contribution in [2.45, 2.75) is 32.5 Å². The van der Waals surface area contributed by atoms with Crippen molar-refractivity contribution < 1.29 is 8.78 Å². The van der Waals surface area contributed by atoms with Gasteiger partial charge in [0.15, 0.2) is 0 Å². The average molecular weight is 277 g/mol. The van der Waals surface area contributed by atoms with Crippen molar-refractivity contribution in [3.63, 3.8) is 0 Å². The number of hydrogen-bond donors (Lipinski definition) is 1. The molecule has 18 heavy (non-hydrogen) atoms. The van der Waals surface area contributed by atoms with E-state index in [1.54, 1.807) is 0 Å². The van der Waals surface area contributed by atoms with Crippen molar-refractivity contribution in [3.05, 3.63) is 35.4 Å². The van der Waals surface area contributed by atoms with E-state index < -0.39 is 11.6 Å². The van der Waals surface area contributed by atoms with Crippen LogP contribution in [0.2, 0.25) is 0 Å². The summed E-state index contributed by atoms with van der Waals surface area (Å²) < 4.78 is 27.0. The minimum absolute atomic E-state index is 0. The lowest BCUT2D eigenvalue weighted by Gasteiger charge is -2.36. The van der Waals surface area contributed by atoms with Crippen molar-refractivity contribution in [1.82, 2.24) is 10.2 Å². The van der Waals surface area contributed by atoms with Gasteiger partial charge in [-0.1, -0.05) is 6.07 Å². The molecule has 0 amide bonds. The first-order valence-electron chi connectivity index (χ1n) is 5.97. The molecule has 1 heterocycles. The molecule has 1 fully saturated rings. The molecule has 0 aliphatic carbocycles. The Bertz CT molecular complexity index is 370. The maximum atomic E-state index is 13.5. The molecule has 2 rings (SSSR count). The minimum atomic E-state index is -0.455. The van der Waals surface area contributed by atoms with Crippen LogP contribution in [0.25, 0.3) is 0 Å². The first kappa shape index (κ1) is 15.3. The van der Waals surface area contributed by atoms with Crippen molar-refractivity contribution in [2.75, 3.05) is 13.1 Å². The summed E-state index contributed by atoms with van der Waals surface area (Å²) in [4.78, 5) is 2.09. The predicted molar refractivity (Wildman–Crippen MR) is 70.9 cm³/mol. The summed E-state index contributed by atoms with van der Waals surface area (Å²) in [6, 6.07) is 4.74. The highest BCUT2D eigenvalue weighted by Gasteiger charge is 2.22. The highest BCUT2D eigenvalue weighted by molar-refractivity contribution is 5.85. The molecule has 0 bridgehead atoms. The zero-order chi connectivity index (χ0) is 12.4. The van der Waals surface area contributed by atoms with Crippen molar-refractivity contribution >= 4 is 12.4 Å². The van der Waals surface area contributed by atoms with E-state index in [9.17, 15) is 8.78 Å². The van der Waals surface area contributed by atoms with Gasteiger partial charge < -0.3 is 5.32 Å². The zero-order valence-corrected chi connectivity index (χ0v) is 11.4. The molecule has 5 heteroatoms. The number of benzene rings is 1. The number of nitrogens with zero attached hydrogens (tertiary/aromatic N) is 1. The van der Waals surface area contributed by atoms with Gasteiger partial charge in [-0.2, -0.15) is 0 Å². The second-order valence-electron chi connectivity index (χ2n) is 4.86. The molecule has 1 aromatic rings. The standard InChI is InChI=1S/C13H18F2N2.ClH/c1-9-6-17(7-10(2)16-9)8-11-12(14)4-3-5-13(11)15;/h3-5,9-10,16H,6-8H2,1-2H3;1H. The first-order chi connectivity index (χ1) is 8.06. The van der Waals surface area contributed by atoms with Crippen LogP contribution in [0.5, 0.6) is 0 Å². The fraction of sp³-hybridized carbons (Fsp3) is 0.538. The minimum Gasteiger partial charge on any atom is -0.309 e. The van der Waals surface area contributed by atoms with Gasteiger partial charge in [-0.15, -0.1) is 12.4 Å². The van der Waals surface area contributed by atoms with Crippen LogP contribution in [-0.2, 0) is 6.54 Å². The van der Waals surface area contributed by atoms with E-state index in [-0.39, 0.29) is 18.0 Å². The summed E-state index contributed by atoms with van der Waals surface area (Å²) in [6.45, 7) is 6.14. The summed E-state index contributed by atoms with van der Waals surface area (Å²) >= 11 is 0. The highest BCUT2D eigenvalue weighted by Crippen LogP contribution is 2.16. The van der Waals surface area contributed by atoms with Crippen LogP contribution >= 0.6 is 12.4 Å². The lowest BCUT2D eigenvalue weighted by molar-refractivity contribution is 0.163. The van der Waals surface area contributed by atoms with Gasteiger partial charge in [0.25, 0.3) is 0 Å². The van der Waals surface area contributed by atoms with E-state index in [1.807, 2.05) is 0 Å². The predicted octanol–water partition coefficient (Wildman–Crippen LogP) is 2.57. The molecule has 1 aromatic carbocycles. The van der Waals surface area contributed by atoms with Gasteiger partial charge in [-0.25, -0.2) is 8.78 Å². The van der Waals surface area contributed by atoms with Crippen molar-refractivity contribution in [3.8, 4) is 0 Å². The number of nitrogens with one attached hydrogen (secondary N) is 1. The van der Waals surface area contributed by atoms with Gasteiger partial charge in [0.05, 0.1) is 0 Å². The Morgan fingerprint density at radius 3 is 2.17 bits per heavy atom. The molecular formula is C13H19ClF2N2. The maximum Gasteiger partial charge on any atom is 0.130 e. The molecular weight excluding hydrogens is 258 g/mol. The largest absolute Gasteiger partial charge is 0.309 e. The topological polar surface area (TPSA) is 15.3 Å². The fourth-order valence-electron chi connectivity index (χ4n) is 2.48. The van der Waals surface area contributed by atoms with Crippen molar-refractivity contribution in [1.29, 1.82) is 0 Å². The maximum absolute atomic E-state index is 13.5. The van der Waals surface area contributed by atoms with Crippen LogP contribution in [0.15, 0.2) is 18.2 Å². The molecule has 2 nitrogen and oxygen atoms in total. The molecule has 0 spiro atoms. The molecule has 102 valence electrons. The normalized spacial score (nSPS) is 24.7. The van der Waals surface area contributed by atoms with E-state index in [4.69, 9.17) is 0 Å². The third-order valence-electron chi connectivity index (χ3n) is 3.08. The second-order valence-corrected chi connectivity index (χ2v) is 4.86. The Kier molecular flexibility index (Phi) is 5.50. The number of halogens is 3. The summed E-state index contributed by atoms with van der Waals surface area (Å²) in [5.41, 5.74) is 0.175. The molecule has 1 saturated heterocycles. The van der Waals surface area contributed by atoms with E-state index in [0.717, 1.165) is 13.1 Å². The Morgan fingerprint density at radius 1 is 1.17 bits per heavy atom. The summed E-state index contributed by atoms with van der Waals surface area (Å²) in [6.07, 6.45) is 0. The number of piperazine rings is 1. The molecule has 0 radical (unpaired) electrons. The van der Waals surface area contributed by atoms with E-state index >= 15 is 0 Å². The molecule has 0 saturated carbocycles. The lowest BCUT2D eigenvalue weighted by Crippen LogP contribution is -2.53. The monoisotopic (exact) mass is 276 g/mol. The van der Waals surface area contributed by atoms with Gasteiger partial charge >= 0.3 is 0 Å². The van der Waals surface area contributed by atoms with Gasteiger partial charge in [-0.3, -0.25) is 4.90 Å². The Labute approximate surface area is 113 Å². The van der Waals surface area contributed by atoms with Crippen LogP contribution in [0, 0.1) is 11.6 Å². The van der Waals surface area contributed by atoms with Crippen LogP contribution in [-0.4, -0.2) is 30.1 Å². The quantitative estimate of drug-likeness (QED) is 0.893. The molecule has 0 aromatic heterocycles. The smallest absolute Gasteiger partial charge is 0.130 e. The first-order valence-corrected chi connectivity index (χ1v) is 5.97. The Balaban J connectivity index is 0.00000162. The van der Waals surface area contributed by atoms with Crippen molar-refractivity contribution in [2.24, 2.45) is 0 Å². The fourth-order valence-corrected chi connectivity index (χ4v) is 2.48. The zero-order valence-electron chi connectivity index (χ0n) is 10.6. The Morgan fingerprint density at radius 2 is 1.67 bits per heavy atom. The van der Waals surface area contributed by atoms with Gasteiger partial charge in [-0.05, 0) is 26.0 Å². The van der Waals surface area contributed by atoms with Crippen LogP contribution in [0.4, 0.5) is 8.78 Å². The third kappa shape index (κ3) is 3.64. The van der Waals surface area contributed by atoms with E-state index in [2.05, 4.69) is 24.1 Å². The van der Waals surface area contributed by atoms with Crippen LogP contribution in [0.1, 0.15) is 19.4 Å². The lowest BCUT2D eigenvalue weighted by atomic mass is 10.1. The number of hydrogen-bond acceptors (Lipinski definition) is 2. The van der Waals surface area contributed by atoms with Gasteiger partial charge in [0.2, 0.25) is 0 Å². The molecule has 2 unspecified atom stereocenters. The second kappa shape index (κ2) is 6.45. The highest BCUT2D eigenvalue weighted by atomic mass is 35.5. The number of rotatable bonds is 2. The third-order valence-corrected chi connectivity index (χ3v) is 3.08. The molecule has 1 aliphatic heterocycles. The van der Waals surface area contributed by atoms with E-state index in [1.165, 1.54) is 18.2 Å². The molecule has 1 N–H and O–H groups in total. The molecule has 2 atom stereocenters. The van der Waals surface area contributed by atoms with E-state index in [0.29, 0.717) is 18.6 Å². The van der Waals surface area contributed by atoms with Crippen LogP contribution < -0.4 is 5.32 Å². The molecule has 1 aliphatic rings. The average Bonchev–Trinajstić information content (AvgIpc) is 2.22. The summed E-state index contributed by atoms with van der Waals surface area (Å²) in [7, 11) is 0. The van der Waals surface area contributed by atoms with Gasteiger partial charge in [0, 0.05) is 37.3 Å². The van der Waals surface area contributed by atoms with Gasteiger partial charge in [0.1, 0.15) is 11.6 Å².